The highest BCUT2D eigenvalue weighted by Crippen LogP contribution is 2.33. The Bertz CT molecular complexity index is 731. The lowest BCUT2D eigenvalue weighted by atomic mass is 9.97. The summed E-state index contributed by atoms with van der Waals surface area (Å²) in [4.78, 5) is 12.5. The number of carbonyl (C=O) groups is 1. The molecule has 25 heavy (non-hydrogen) atoms. The summed E-state index contributed by atoms with van der Waals surface area (Å²) in [6.45, 7) is 1.20. The van der Waals surface area contributed by atoms with Crippen molar-refractivity contribution in [3.63, 3.8) is 0 Å². The Hall–Kier alpha value is -2.04. The van der Waals surface area contributed by atoms with Crippen molar-refractivity contribution >= 4 is 17.5 Å². The molecule has 1 amide bonds. The number of para-hydroxylation sites is 1. The second kappa shape index (κ2) is 8.37. The SMILES string of the molecule is COc1ccccc1C(NC(=O)CNCC1CC1)c1ccccc1Cl. The average Bonchev–Trinajstić information content (AvgIpc) is 3.45. The second-order valence-corrected chi connectivity index (χ2v) is 6.75. The molecule has 1 saturated carbocycles. The molecule has 4 nitrogen and oxygen atoms in total. The molecule has 0 aromatic heterocycles. The molecule has 1 atom stereocenters. The average molecular weight is 359 g/mol. The minimum atomic E-state index is -0.361. The Morgan fingerprint density at radius 2 is 1.84 bits per heavy atom. The molecule has 0 heterocycles. The number of rotatable bonds is 8. The Morgan fingerprint density at radius 1 is 1.16 bits per heavy atom. The van der Waals surface area contributed by atoms with Crippen LogP contribution in [0, 0.1) is 5.92 Å². The smallest absolute Gasteiger partial charge is 0.234 e. The molecule has 2 aromatic carbocycles. The Morgan fingerprint density at radius 3 is 2.52 bits per heavy atom. The standard InChI is InChI=1S/C20H23ClN2O2/c1-25-18-9-5-3-7-16(18)20(15-6-2-4-8-17(15)21)23-19(24)13-22-12-14-10-11-14/h2-9,14,20,22H,10-13H2,1H3,(H,23,24). The molecule has 0 radical (unpaired) electrons. The predicted molar refractivity (Wildman–Crippen MR) is 100 cm³/mol. The first-order chi connectivity index (χ1) is 12.2. The number of methoxy groups -OCH3 is 1. The maximum atomic E-state index is 12.5. The van der Waals surface area contributed by atoms with Crippen molar-refractivity contribution < 1.29 is 9.53 Å². The fraction of sp³-hybridized carbons (Fsp3) is 0.350. The Balaban J connectivity index is 1.81. The van der Waals surface area contributed by atoms with Crippen LogP contribution in [0.1, 0.15) is 30.0 Å². The van der Waals surface area contributed by atoms with Crippen LogP contribution in [0.4, 0.5) is 0 Å². The molecule has 2 N–H and O–H groups in total. The van der Waals surface area contributed by atoms with Crippen molar-refractivity contribution in [2.24, 2.45) is 5.92 Å². The lowest BCUT2D eigenvalue weighted by Crippen LogP contribution is -2.37. The van der Waals surface area contributed by atoms with Crippen molar-refractivity contribution in [1.29, 1.82) is 0 Å². The van der Waals surface area contributed by atoms with Crippen molar-refractivity contribution in [2.75, 3.05) is 20.2 Å². The van der Waals surface area contributed by atoms with Crippen molar-refractivity contribution in [3.05, 3.63) is 64.7 Å². The van der Waals surface area contributed by atoms with E-state index in [-0.39, 0.29) is 11.9 Å². The van der Waals surface area contributed by atoms with Crippen LogP contribution in [-0.2, 0) is 4.79 Å². The summed E-state index contributed by atoms with van der Waals surface area (Å²) in [5.41, 5.74) is 1.73. The molecule has 2 aromatic rings. The first-order valence-corrected chi connectivity index (χ1v) is 8.94. The van der Waals surface area contributed by atoms with Gasteiger partial charge in [-0.05, 0) is 43.0 Å². The Kier molecular flexibility index (Phi) is 5.95. The zero-order chi connectivity index (χ0) is 17.6. The summed E-state index contributed by atoms with van der Waals surface area (Å²) in [5, 5.41) is 6.93. The number of hydrogen-bond acceptors (Lipinski definition) is 3. The largest absolute Gasteiger partial charge is 0.496 e. The van der Waals surface area contributed by atoms with Crippen molar-refractivity contribution in [1.82, 2.24) is 10.6 Å². The second-order valence-electron chi connectivity index (χ2n) is 6.34. The van der Waals surface area contributed by atoms with Gasteiger partial charge in [0.05, 0.1) is 19.7 Å². The van der Waals surface area contributed by atoms with E-state index in [1.165, 1.54) is 12.8 Å². The summed E-state index contributed by atoms with van der Waals surface area (Å²) in [6.07, 6.45) is 2.52. The molecule has 1 unspecified atom stereocenters. The van der Waals surface area contributed by atoms with E-state index in [1.54, 1.807) is 7.11 Å². The molecule has 1 aliphatic rings. The van der Waals surface area contributed by atoms with Gasteiger partial charge in [-0.1, -0.05) is 48.0 Å². The summed E-state index contributed by atoms with van der Waals surface area (Å²) >= 11 is 6.39. The molecule has 132 valence electrons. The number of carbonyl (C=O) groups excluding carboxylic acids is 1. The van der Waals surface area contributed by atoms with Crippen LogP contribution in [0.3, 0.4) is 0 Å². The normalized spacial score (nSPS) is 14.8. The van der Waals surface area contributed by atoms with Gasteiger partial charge in [0.2, 0.25) is 5.91 Å². The first-order valence-electron chi connectivity index (χ1n) is 8.56. The number of benzene rings is 2. The zero-order valence-corrected chi connectivity index (χ0v) is 15.1. The van der Waals surface area contributed by atoms with E-state index < -0.39 is 0 Å². The van der Waals surface area contributed by atoms with Gasteiger partial charge in [-0.25, -0.2) is 0 Å². The summed E-state index contributed by atoms with van der Waals surface area (Å²) < 4.78 is 5.48. The van der Waals surface area contributed by atoms with E-state index in [0.717, 1.165) is 29.3 Å². The van der Waals surface area contributed by atoms with E-state index in [2.05, 4.69) is 10.6 Å². The first kappa shape index (κ1) is 17.8. The van der Waals surface area contributed by atoms with Gasteiger partial charge in [0.25, 0.3) is 0 Å². The van der Waals surface area contributed by atoms with Gasteiger partial charge in [-0.3, -0.25) is 4.79 Å². The quantitative estimate of drug-likeness (QED) is 0.758. The van der Waals surface area contributed by atoms with E-state index in [0.29, 0.717) is 11.6 Å². The highest BCUT2D eigenvalue weighted by atomic mass is 35.5. The van der Waals surface area contributed by atoms with Crippen LogP contribution >= 0.6 is 11.6 Å². The van der Waals surface area contributed by atoms with Gasteiger partial charge in [0.1, 0.15) is 5.75 Å². The van der Waals surface area contributed by atoms with Gasteiger partial charge >= 0.3 is 0 Å². The third-order valence-corrected chi connectivity index (χ3v) is 4.73. The molecular weight excluding hydrogens is 336 g/mol. The van der Waals surface area contributed by atoms with Crippen molar-refractivity contribution in [3.8, 4) is 5.75 Å². The molecule has 5 heteroatoms. The van der Waals surface area contributed by atoms with Crippen LogP contribution in [0.15, 0.2) is 48.5 Å². The van der Waals surface area contributed by atoms with Crippen LogP contribution in [0.5, 0.6) is 5.75 Å². The van der Waals surface area contributed by atoms with Gasteiger partial charge in [-0.2, -0.15) is 0 Å². The number of hydrogen-bond donors (Lipinski definition) is 2. The van der Waals surface area contributed by atoms with E-state index in [4.69, 9.17) is 16.3 Å². The monoisotopic (exact) mass is 358 g/mol. The lowest BCUT2D eigenvalue weighted by Gasteiger charge is -2.23. The highest BCUT2D eigenvalue weighted by Gasteiger charge is 2.23. The molecule has 1 fully saturated rings. The van der Waals surface area contributed by atoms with Gasteiger partial charge in [0, 0.05) is 10.6 Å². The van der Waals surface area contributed by atoms with E-state index >= 15 is 0 Å². The van der Waals surface area contributed by atoms with Crippen LogP contribution in [0.2, 0.25) is 5.02 Å². The molecule has 0 aliphatic heterocycles. The third kappa shape index (κ3) is 4.74. The summed E-state index contributed by atoms with van der Waals surface area (Å²) in [7, 11) is 1.63. The van der Waals surface area contributed by atoms with Crippen LogP contribution < -0.4 is 15.4 Å². The maximum Gasteiger partial charge on any atom is 0.234 e. The number of amides is 1. The molecule has 1 aliphatic carbocycles. The minimum absolute atomic E-state index is 0.0588. The number of nitrogens with one attached hydrogen (secondary N) is 2. The molecule has 3 rings (SSSR count). The van der Waals surface area contributed by atoms with Crippen molar-refractivity contribution in [2.45, 2.75) is 18.9 Å². The van der Waals surface area contributed by atoms with E-state index in [9.17, 15) is 4.79 Å². The fourth-order valence-electron chi connectivity index (χ4n) is 2.86. The topological polar surface area (TPSA) is 50.4 Å². The molecule has 0 spiro atoms. The highest BCUT2D eigenvalue weighted by molar-refractivity contribution is 6.31. The molecule has 0 bridgehead atoms. The molecule has 0 saturated heterocycles. The minimum Gasteiger partial charge on any atom is -0.496 e. The number of halogens is 1. The zero-order valence-electron chi connectivity index (χ0n) is 14.3. The molecular formula is C20H23ClN2O2. The van der Waals surface area contributed by atoms with Crippen LogP contribution in [-0.4, -0.2) is 26.1 Å². The lowest BCUT2D eigenvalue weighted by molar-refractivity contribution is -0.120. The Labute approximate surface area is 153 Å². The fourth-order valence-corrected chi connectivity index (χ4v) is 3.11. The predicted octanol–water partition coefficient (Wildman–Crippen LogP) is 3.55. The van der Waals surface area contributed by atoms with Crippen LogP contribution in [0.25, 0.3) is 0 Å². The summed E-state index contributed by atoms with van der Waals surface area (Å²) in [6, 6.07) is 14.9. The maximum absolute atomic E-state index is 12.5. The van der Waals surface area contributed by atoms with E-state index in [1.807, 2.05) is 48.5 Å². The van der Waals surface area contributed by atoms with Gasteiger partial charge in [-0.15, -0.1) is 0 Å². The summed E-state index contributed by atoms with van der Waals surface area (Å²) in [5.74, 6) is 1.40. The van der Waals surface area contributed by atoms with Gasteiger partial charge < -0.3 is 15.4 Å². The number of ether oxygens (including phenoxy) is 1. The third-order valence-electron chi connectivity index (χ3n) is 4.39. The van der Waals surface area contributed by atoms with Gasteiger partial charge in [0.15, 0.2) is 0 Å².